The molecule has 0 aromatic heterocycles. The van der Waals surface area contributed by atoms with Crippen molar-refractivity contribution in [2.75, 3.05) is 0 Å². The number of aromatic hydroxyl groups is 4. The van der Waals surface area contributed by atoms with Gasteiger partial charge in [-0.1, -0.05) is 58.0 Å². The fourth-order valence-corrected chi connectivity index (χ4v) is 10.3. The maximum atomic E-state index is 14.5. The monoisotopic (exact) mass is 807 g/mol. The predicted octanol–water partition coefficient (Wildman–Crippen LogP) is 11.2. The van der Waals surface area contributed by atoms with Crippen LogP contribution in [-0.4, -0.2) is 38.9 Å². The largest absolute Gasteiger partial charge is 0.777 e. The number of fused-ring (bicyclic) bond motifs is 8. The molecule has 2 aliphatic carbocycles. The van der Waals surface area contributed by atoms with Gasteiger partial charge in [-0.2, -0.15) is 0 Å². The van der Waals surface area contributed by atoms with E-state index in [0.717, 1.165) is 28.3 Å². The minimum Gasteiger partial charge on any atom is -0.611 e. The average Bonchev–Trinajstić information content (AvgIpc) is 3.21. The Balaban J connectivity index is 1.19. The van der Waals surface area contributed by atoms with Crippen molar-refractivity contribution in [2.24, 2.45) is 0 Å². The van der Waals surface area contributed by atoms with Crippen LogP contribution in [0.3, 0.4) is 0 Å². The summed E-state index contributed by atoms with van der Waals surface area (Å²) in [7, 11) is 0. The molecule has 2 heterocycles. The number of carbonyl (C=O) groups excluding carboxylic acids is 2. The maximum absolute atomic E-state index is 14.5. The zero-order chi connectivity index (χ0) is 42.1. The third kappa shape index (κ3) is 4.42. The number of hydrogen-bond donors (Lipinski definition) is 4. The van der Waals surface area contributed by atoms with Crippen LogP contribution >= 0.6 is 0 Å². The van der Waals surface area contributed by atoms with Gasteiger partial charge < -0.3 is 39.0 Å². The first-order chi connectivity index (χ1) is 29.3. The third-order valence-corrected chi connectivity index (χ3v) is 13.3. The lowest BCUT2D eigenvalue weighted by atomic mass is 9.76. The van der Waals surface area contributed by atoms with E-state index in [1.807, 2.05) is 57.2 Å². The molecule has 4 aliphatic rings. The minimum absolute atomic E-state index is 0.00661. The molecule has 8 aromatic carbocycles. The molecule has 2 aliphatic heterocycles. The van der Waals surface area contributed by atoms with Crippen LogP contribution in [-0.2, 0) is 0 Å². The second-order valence-corrected chi connectivity index (χ2v) is 17.1. The molecule has 0 radical (unpaired) electrons. The molecule has 0 saturated carbocycles. The van der Waals surface area contributed by atoms with E-state index in [2.05, 4.69) is 13.8 Å². The molecule has 61 heavy (non-hydrogen) atoms. The molecular weight excluding hydrogens is 771 g/mol. The SMILES string of the molecule is CCC(C)c1cc(O)c2c(c1)-c1c3c4c(cccc4c4cccc(c14)C2=O)O[B-]1(O3)Oc2cc(O)cc3c2c(c2c4c(c(O)cc(C)c43)C(=O)c3c(O)cc(C(C)C)cc3-2)O1. The van der Waals surface area contributed by atoms with Crippen molar-refractivity contribution in [1.29, 1.82) is 0 Å². The van der Waals surface area contributed by atoms with Gasteiger partial charge in [-0.25, -0.2) is 0 Å². The summed E-state index contributed by atoms with van der Waals surface area (Å²) in [5, 5.41) is 50.8. The van der Waals surface area contributed by atoms with E-state index in [1.165, 1.54) is 12.1 Å². The van der Waals surface area contributed by atoms with Crippen molar-refractivity contribution >= 4 is 61.6 Å². The predicted molar refractivity (Wildman–Crippen MR) is 233 cm³/mol. The Bertz CT molecular complexity index is 3460. The van der Waals surface area contributed by atoms with Crippen molar-refractivity contribution in [3.05, 3.63) is 118 Å². The van der Waals surface area contributed by atoms with E-state index in [0.29, 0.717) is 77.2 Å². The lowest BCUT2D eigenvalue weighted by Gasteiger charge is -2.48. The highest BCUT2D eigenvalue weighted by Crippen LogP contribution is 2.60. The fraction of sp³-hybridized carbons (Fsp3) is 0.160. The number of carbonyl (C=O) groups is 2. The first kappa shape index (κ1) is 35.5. The first-order valence-corrected chi connectivity index (χ1v) is 20.5. The normalized spacial score (nSPS) is 17.0. The van der Waals surface area contributed by atoms with E-state index in [9.17, 15) is 30.0 Å². The Morgan fingerprint density at radius 2 is 1.13 bits per heavy atom. The van der Waals surface area contributed by atoms with Crippen molar-refractivity contribution < 1.29 is 48.6 Å². The van der Waals surface area contributed by atoms with Gasteiger partial charge in [-0.3, -0.25) is 9.59 Å². The summed E-state index contributed by atoms with van der Waals surface area (Å²) in [5.74, 6) is -0.584. The Labute approximate surface area is 348 Å². The molecule has 11 heteroatoms. The molecule has 1 spiro atoms. The molecule has 12 rings (SSSR count). The maximum Gasteiger partial charge on any atom is 0.777 e. The van der Waals surface area contributed by atoms with E-state index >= 15 is 0 Å². The van der Waals surface area contributed by atoms with Gasteiger partial charge in [-0.05, 0) is 100 Å². The summed E-state index contributed by atoms with van der Waals surface area (Å²) in [4.78, 5) is 28.8. The van der Waals surface area contributed by atoms with E-state index in [4.69, 9.17) is 18.6 Å². The second kappa shape index (κ2) is 11.7. The number of benzene rings is 8. The third-order valence-electron chi connectivity index (χ3n) is 13.3. The Morgan fingerprint density at radius 1 is 0.541 bits per heavy atom. The number of rotatable bonds is 3. The molecule has 0 amide bonds. The highest BCUT2D eigenvalue weighted by molar-refractivity contribution is 6.60. The summed E-state index contributed by atoms with van der Waals surface area (Å²) in [6.45, 7) is 6.53. The summed E-state index contributed by atoms with van der Waals surface area (Å²) < 4.78 is 27.8. The topological polar surface area (TPSA) is 152 Å². The van der Waals surface area contributed by atoms with Gasteiger partial charge in [0.15, 0.2) is 5.78 Å². The molecule has 2 unspecified atom stereocenters. The van der Waals surface area contributed by atoms with Crippen molar-refractivity contribution in [3.63, 3.8) is 0 Å². The van der Waals surface area contributed by atoms with Gasteiger partial charge in [0.25, 0.3) is 0 Å². The molecule has 0 saturated heterocycles. The van der Waals surface area contributed by atoms with Gasteiger partial charge in [0.1, 0.15) is 23.0 Å². The van der Waals surface area contributed by atoms with Crippen LogP contribution in [0.5, 0.6) is 46.0 Å². The Kier molecular flexibility index (Phi) is 6.79. The number of phenolic OH excluding ortho intramolecular Hbond substituents is 4. The zero-order valence-corrected chi connectivity index (χ0v) is 33.7. The molecule has 8 aromatic rings. The lowest BCUT2D eigenvalue weighted by molar-refractivity contribution is 0.102. The van der Waals surface area contributed by atoms with E-state index < -0.39 is 12.7 Å². The number of aryl methyl sites for hydroxylation is 1. The summed E-state index contributed by atoms with van der Waals surface area (Å²) >= 11 is 0. The van der Waals surface area contributed by atoms with Crippen molar-refractivity contribution in [1.82, 2.24) is 0 Å². The number of hydrogen-bond acceptors (Lipinski definition) is 10. The Hall–Kier alpha value is -7.40. The van der Waals surface area contributed by atoms with Crippen LogP contribution in [0, 0.1) is 6.92 Å². The van der Waals surface area contributed by atoms with Crippen molar-refractivity contribution in [3.8, 4) is 68.2 Å². The van der Waals surface area contributed by atoms with Crippen LogP contribution < -0.4 is 18.6 Å². The van der Waals surface area contributed by atoms with Crippen molar-refractivity contribution in [2.45, 2.75) is 52.9 Å². The smallest absolute Gasteiger partial charge is 0.611 e. The van der Waals surface area contributed by atoms with Crippen LogP contribution in [0.4, 0.5) is 0 Å². The molecule has 0 fully saturated rings. The minimum atomic E-state index is -3.39. The standard InChI is InChI=1S/C50H36BO10/c1-6-21(4)24-15-30-39(34(55)17-24)47(56)28-11-7-9-26-27-10-8-12-35-41(27)49(43(30)38(26)28)60-51(58-35)59-36-19-25(52)18-31-37-22(5)13-32(53)45-46(37)44(50(61-51)42(31)36)29-14-23(20(2)3)16-33(54)40(29)48(45)57/h7-21,52-55H,6H2,1-5H3/q-1. The lowest BCUT2D eigenvalue weighted by Crippen LogP contribution is -2.62. The molecule has 4 N–H and O–H groups in total. The van der Waals surface area contributed by atoms with Crippen LogP contribution in [0.2, 0.25) is 0 Å². The van der Waals surface area contributed by atoms with Crippen LogP contribution in [0.1, 0.15) is 94.5 Å². The number of ketones is 2. The first-order valence-electron chi connectivity index (χ1n) is 20.5. The van der Waals surface area contributed by atoms with E-state index in [1.54, 1.807) is 30.3 Å². The zero-order valence-electron chi connectivity index (χ0n) is 33.7. The summed E-state index contributed by atoms with van der Waals surface area (Å²) in [5.41, 5.74) is 4.67. The summed E-state index contributed by atoms with van der Waals surface area (Å²) in [6, 6.07) is 22.7. The van der Waals surface area contributed by atoms with Gasteiger partial charge in [0.2, 0.25) is 5.78 Å². The van der Waals surface area contributed by atoms with Gasteiger partial charge in [0, 0.05) is 50.0 Å². The highest BCUT2D eigenvalue weighted by atomic mass is 16.9. The second-order valence-electron chi connectivity index (χ2n) is 17.1. The van der Waals surface area contributed by atoms with Crippen LogP contribution in [0.15, 0.2) is 78.9 Å². The fourth-order valence-electron chi connectivity index (χ4n) is 10.3. The van der Waals surface area contributed by atoms with Gasteiger partial charge in [0.05, 0.1) is 50.5 Å². The molecule has 2 atom stereocenters. The quantitative estimate of drug-likeness (QED) is 0.100. The van der Waals surface area contributed by atoms with Gasteiger partial charge >= 0.3 is 6.96 Å². The molecule has 0 bridgehead atoms. The average molecular weight is 808 g/mol. The molecule has 10 nitrogen and oxygen atoms in total. The number of phenols is 4. The van der Waals surface area contributed by atoms with E-state index in [-0.39, 0.29) is 68.8 Å². The molecule has 300 valence electrons. The van der Waals surface area contributed by atoms with Gasteiger partial charge in [-0.15, -0.1) is 0 Å². The summed E-state index contributed by atoms with van der Waals surface area (Å²) in [6.07, 6.45) is 0.796. The molecular formula is C50H36BO10-. The van der Waals surface area contributed by atoms with Crippen LogP contribution in [0.25, 0.3) is 65.3 Å². The Morgan fingerprint density at radius 3 is 1.84 bits per heavy atom. The highest BCUT2D eigenvalue weighted by Gasteiger charge is 2.52.